The molecular weight excluding hydrogens is 348 g/mol. The average molecular weight is 372 g/mol. The highest BCUT2D eigenvalue weighted by Gasteiger charge is 2.17. The van der Waals surface area contributed by atoms with Gasteiger partial charge in [0.05, 0.1) is 0 Å². The SMILES string of the molecule is CC1CCN(c2cc(NC(=O)c3ccc(-c4ccccc4)cc3)ncn2)CC1. The fourth-order valence-electron chi connectivity index (χ4n) is 3.46. The molecule has 1 aromatic heterocycles. The minimum atomic E-state index is -0.170. The lowest BCUT2D eigenvalue weighted by Crippen LogP contribution is -2.33. The van der Waals surface area contributed by atoms with E-state index in [1.807, 2.05) is 48.5 Å². The van der Waals surface area contributed by atoms with Crippen molar-refractivity contribution in [3.8, 4) is 11.1 Å². The number of benzene rings is 2. The number of piperidine rings is 1. The summed E-state index contributed by atoms with van der Waals surface area (Å²) in [5.74, 6) is 1.99. The summed E-state index contributed by atoms with van der Waals surface area (Å²) in [6, 6.07) is 19.6. The summed E-state index contributed by atoms with van der Waals surface area (Å²) < 4.78 is 0. The van der Waals surface area contributed by atoms with Crippen LogP contribution in [0.4, 0.5) is 11.6 Å². The third kappa shape index (κ3) is 4.19. The normalized spacial score (nSPS) is 14.7. The standard InChI is InChI=1S/C23H24N4O/c1-17-11-13-27(14-12-17)22-15-21(24-16-25-22)26-23(28)20-9-7-19(8-10-20)18-5-3-2-4-6-18/h2-10,15-17H,11-14H2,1H3,(H,24,25,26,28). The van der Waals surface area contributed by atoms with Gasteiger partial charge in [-0.1, -0.05) is 49.4 Å². The average Bonchev–Trinajstić information content (AvgIpc) is 2.75. The predicted molar refractivity (Wildman–Crippen MR) is 112 cm³/mol. The number of nitrogens with zero attached hydrogens (tertiary/aromatic N) is 3. The molecule has 2 aromatic carbocycles. The topological polar surface area (TPSA) is 58.1 Å². The number of amides is 1. The zero-order chi connectivity index (χ0) is 19.3. The Morgan fingerprint density at radius 3 is 2.36 bits per heavy atom. The summed E-state index contributed by atoms with van der Waals surface area (Å²) >= 11 is 0. The van der Waals surface area contributed by atoms with E-state index in [4.69, 9.17) is 0 Å². The maximum Gasteiger partial charge on any atom is 0.256 e. The lowest BCUT2D eigenvalue weighted by Gasteiger charge is -2.31. The molecule has 3 aromatic rings. The predicted octanol–water partition coefficient (Wildman–Crippen LogP) is 4.63. The van der Waals surface area contributed by atoms with Crippen molar-refractivity contribution in [3.05, 3.63) is 72.6 Å². The second-order valence-electron chi connectivity index (χ2n) is 7.33. The third-order valence-electron chi connectivity index (χ3n) is 5.26. The zero-order valence-electron chi connectivity index (χ0n) is 16.0. The lowest BCUT2D eigenvalue weighted by molar-refractivity contribution is 0.102. The number of nitrogens with one attached hydrogen (secondary N) is 1. The van der Waals surface area contributed by atoms with Crippen LogP contribution in [0, 0.1) is 5.92 Å². The first kappa shape index (κ1) is 18.2. The first-order valence-electron chi connectivity index (χ1n) is 9.73. The molecule has 1 aliphatic heterocycles. The second-order valence-corrected chi connectivity index (χ2v) is 7.33. The van der Waals surface area contributed by atoms with Crippen LogP contribution in [0.5, 0.6) is 0 Å². The van der Waals surface area contributed by atoms with Gasteiger partial charge in [0.15, 0.2) is 0 Å². The summed E-state index contributed by atoms with van der Waals surface area (Å²) in [5.41, 5.74) is 2.82. The Labute approximate surface area is 165 Å². The smallest absolute Gasteiger partial charge is 0.256 e. The Kier molecular flexibility index (Phi) is 5.33. The Balaban J connectivity index is 1.44. The summed E-state index contributed by atoms with van der Waals surface area (Å²) in [5, 5.41) is 2.89. The Bertz CT molecular complexity index is 932. The third-order valence-corrected chi connectivity index (χ3v) is 5.26. The van der Waals surface area contributed by atoms with Crippen molar-refractivity contribution in [1.29, 1.82) is 0 Å². The van der Waals surface area contributed by atoms with Crippen LogP contribution < -0.4 is 10.2 Å². The summed E-state index contributed by atoms with van der Waals surface area (Å²) in [6.45, 7) is 4.27. The molecule has 0 aliphatic carbocycles. The van der Waals surface area contributed by atoms with E-state index in [1.165, 1.54) is 19.2 Å². The summed E-state index contributed by atoms with van der Waals surface area (Å²) in [4.78, 5) is 23.5. The van der Waals surface area contributed by atoms with Gasteiger partial charge in [-0.05, 0) is 42.0 Å². The van der Waals surface area contributed by atoms with E-state index >= 15 is 0 Å². The van der Waals surface area contributed by atoms with E-state index in [0.29, 0.717) is 11.4 Å². The van der Waals surface area contributed by atoms with Crippen molar-refractivity contribution in [2.45, 2.75) is 19.8 Å². The van der Waals surface area contributed by atoms with Crippen LogP contribution in [0.15, 0.2) is 67.0 Å². The first-order valence-corrected chi connectivity index (χ1v) is 9.73. The minimum Gasteiger partial charge on any atom is -0.356 e. The summed E-state index contributed by atoms with van der Waals surface area (Å²) in [6.07, 6.45) is 3.85. The number of hydrogen-bond acceptors (Lipinski definition) is 4. The van der Waals surface area contributed by atoms with Gasteiger partial charge in [0.1, 0.15) is 18.0 Å². The van der Waals surface area contributed by atoms with Crippen molar-refractivity contribution >= 4 is 17.5 Å². The van der Waals surface area contributed by atoms with Gasteiger partial charge in [0.25, 0.3) is 5.91 Å². The van der Waals surface area contributed by atoms with Crippen molar-refractivity contribution < 1.29 is 4.79 Å². The minimum absolute atomic E-state index is 0.170. The number of aromatic nitrogens is 2. The van der Waals surface area contributed by atoms with Gasteiger partial charge in [-0.2, -0.15) is 0 Å². The summed E-state index contributed by atoms with van der Waals surface area (Å²) in [7, 11) is 0. The van der Waals surface area contributed by atoms with Gasteiger partial charge in [-0.3, -0.25) is 4.79 Å². The fraction of sp³-hybridized carbons (Fsp3) is 0.261. The molecule has 1 N–H and O–H groups in total. The van der Waals surface area contributed by atoms with Crippen LogP contribution >= 0.6 is 0 Å². The van der Waals surface area contributed by atoms with Crippen molar-refractivity contribution in [1.82, 2.24) is 9.97 Å². The monoisotopic (exact) mass is 372 g/mol. The molecule has 0 unspecified atom stereocenters. The van der Waals surface area contributed by atoms with E-state index < -0.39 is 0 Å². The Morgan fingerprint density at radius 1 is 0.964 bits per heavy atom. The molecule has 1 fully saturated rings. The molecule has 0 bridgehead atoms. The van der Waals surface area contributed by atoms with Crippen LogP contribution in [-0.2, 0) is 0 Å². The van der Waals surface area contributed by atoms with Crippen LogP contribution in [0.1, 0.15) is 30.1 Å². The van der Waals surface area contributed by atoms with Gasteiger partial charge in [-0.25, -0.2) is 9.97 Å². The van der Waals surface area contributed by atoms with Crippen molar-refractivity contribution in [2.75, 3.05) is 23.3 Å². The molecule has 4 rings (SSSR count). The van der Waals surface area contributed by atoms with E-state index in [0.717, 1.165) is 36.0 Å². The number of hydrogen-bond donors (Lipinski definition) is 1. The highest BCUT2D eigenvalue weighted by molar-refractivity contribution is 6.04. The lowest BCUT2D eigenvalue weighted by atomic mass is 9.99. The molecule has 1 amide bonds. The molecule has 0 atom stereocenters. The van der Waals surface area contributed by atoms with Crippen LogP contribution in [0.2, 0.25) is 0 Å². The molecule has 5 heteroatoms. The van der Waals surface area contributed by atoms with Gasteiger partial charge in [0.2, 0.25) is 0 Å². The largest absolute Gasteiger partial charge is 0.356 e. The van der Waals surface area contributed by atoms with Crippen LogP contribution in [0.3, 0.4) is 0 Å². The zero-order valence-corrected chi connectivity index (χ0v) is 16.0. The number of carbonyl (C=O) groups excluding carboxylic acids is 1. The molecule has 0 saturated carbocycles. The first-order chi connectivity index (χ1) is 13.7. The molecule has 0 radical (unpaired) electrons. The molecule has 5 nitrogen and oxygen atoms in total. The van der Waals surface area contributed by atoms with Gasteiger partial charge >= 0.3 is 0 Å². The number of anilines is 2. The molecule has 142 valence electrons. The molecule has 1 aliphatic rings. The maximum absolute atomic E-state index is 12.6. The van der Waals surface area contributed by atoms with Gasteiger partial charge < -0.3 is 10.2 Å². The molecule has 0 spiro atoms. The number of carbonyl (C=O) groups is 1. The highest BCUT2D eigenvalue weighted by atomic mass is 16.1. The Hall–Kier alpha value is -3.21. The Morgan fingerprint density at radius 2 is 1.64 bits per heavy atom. The molecule has 1 saturated heterocycles. The highest BCUT2D eigenvalue weighted by Crippen LogP contribution is 2.23. The van der Waals surface area contributed by atoms with E-state index in [1.54, 1.807) is 0 Å². The fourth-order valence-corrected chi connectivity index (χ4v) is 3.46. The maximum atomic E-state index is 12.6. The van der Waals surface area contributed by atoms with E-state index in [2.05, 4.69) is 39.2 Å². The molecular formula is C23H24N4O. The molecule has 28 heavy (non-hydrogen) atoms. The van der Waals surface area contributed by atoms with Gasteiger partial charge in [0, 0.05) is 24.7 Å². The van der Waals surface area contributed by atoms with Gasteiger partial charge in [-0.15, -0.1) is 0 Å². The van der Waals surface area contributed by atoms with Crippen LogP contribution in [-0.4, -0.2) is 29.0 Å². The van der Waals surface area contributed by atoms with E-state index in [-0.39, 0.29) is 5.91 Å². The van der Waals surface area contributed by atoms with Crippen molar-refractivity contribution in [3.63, 3.8) is 0 Å². The van der Waals surface area contributed by atoms with Crippen molar-refractivity contribution in [2.24, 2.45) is 5.92 Å². The number of rotatable bonds is 4. The second kappa shape index (κ2) is 8.21. The molecule has 2 heterocycles. The van der Waals surface area contributed by atoms with E-state index in [9.17, 15) is 4.79 Å². The quantitative estimate of drug-likeness (QED) is 0.725. The van der Waals surface area contributed by atoms with Crippen LogP contribution in [0.25, 0.3) is 11.1 Å².